The molecule has 0 saturated heterocycles. The number of fused-ring (bicyclic) bond motifs is 9. The van der Waals surface area contributed by atoms with E-state index >= 15 is 0 Å². The normalized spacial score (nSPS) is 11.9. The Bertz CT molecular complexity index is 3160. The highest BCUT2D eigenvalue weighted by molar-refractivity contribution is 7.25. The predicted molar refractivity (Wildman–Crippen MR) is 209 cm³/mol. The molecule has 6 heteroatoms. The summed E-state index contributed by atoms with van der Waals surface area (Å²) in [4.78, 5) is 15.5. The molecule has 0 bridgehead atoms. The summed E-state index contributed by atoms with van der Waals surface area (Å²) in [5, 5.41) is 6.53. The molecule has 4 heterocycles. The number of nitrogens with zero attached hydrogens (tertiary/aromatic N) is 3. The lowest BCUT2D eigenvalue weighted by Crippen LogP contribution is -2.00. The SMILES string of the molecule is c1ccc(-c2nc(-c3cccc4sc5ccccc5c34)nc(-c3cccc4oc5cccc(-c6ccc7c(c6)oc6ccccc67)c5c34)n2)cc1. The highest BCUT2D eigenvalue weighted by atomic mass is 32.1. The third-order valence-electron chi connectivity index (χ3n) is 9.76. The fourth-order valence-electron chi connectivity index (χ4n) is 7.48. The summed E-state index contributed by atoms with van der Waals surface area (Å²) in [5.41, 5.74) is 8.18. The lowest BCUT2D eigenvalue weighted by molar-refractivity contribution is 0.668. The summed E-state index contributed by atoms with van der Waals surface area (Å²) in [5.74, 6) is 1.84. The van der Waals surface area contributed by atoms with Crippen LogP contribution in [0.2, 0.25) is 0 Å². The molecular weight excluding hydrogens is 647 g/mol. The van der Waals surface area contributed by atoms with Crippen LogP contribution in [-0.4, -0.2) is 15.0 Å². The number of furan rings is 2. The number of benzene rings is 7. The topological polar surface area (TPSA) is 65.0 Å². The van der Waals surface area contributed by atoms with Gasteiger partial charge in [0, 0.05) is 58.4 Å². The van der Waals surface area contributed by atoms with E-state index in [1.807, 2.05) is 72.8 Å². The molecule has 0 aliphatic carbocycles. The first-order valence-electron chi connectivity index (χ1n) is 16.9. The predicted octanol–water partition coefficient (Wildman–Crippen LogP) is 12.7. The molecule has 5 nitrogen and oxygen atoms in total. The summed E-state index contributed by atoms with van der Waals surface area (Å²) >= 11 is 1.79. The Labute approximate surface area is 295 Å². The number of aromatic nitrogens is 3. The molecule has 0 fully saturated rings. The molecule has 0 radical (unpaired) electrons. The van der Waals surface area contributed by atoms with E-state index in [1.54, 1.807) is 11.3 Å². The van der Waals surface area contributed by atoms with Crippen LogP contribution in [0, 0.1) is 0 Å². The van der Waals surface area contributed by atoms with Crippen LogP contribution in [0.1, 0.15) is 0 Å². The van der Waals surface area contributed by atoms with Crippen LogP contribution in [0.25, 0.3) is 109 Å². The van der Waals surface area contributed by atoms with Crippen molar-refractivity contribution in [1.82, 2.24) is 15.0 Å². The van der Waals surface area contributed by atoms with E-state index in [0.717, 1.165) is 77.1 Å². The van der Waals surface area contributed by atoms with Gasteiger partial charge in [-0.05, 0) is 53.6 Å². The van der Waals surface area contributed by atoms with Gasteiger partial charge in [0.25, 0.3) is 0 Å². The Morgan fingerprint density at radius 2 is 0.922 bits per heavy atom. The molecule has 0 spiro atoms. The van der Waals surface area contributed by atoms with Crippen LogP contribution in [-0.2, 0) is 0 Å². The van der Waals surface area contributed by atoms with Gasteiger partial charge in [-0.15, -0.1) is 11.3 Å². The van der Waals surface area contributed by atoms with Gasteiger partial charge in [0.15, 0.2) is 17.5 Å². The van der Waals surface area contributed by atoms with E-state index in [-0.39, 0.29) is 0 Å². The minimum Gasteiger partial charge on any atom is -0.456 e. The van der Waals surface area contributed by atoms with Crippen molar-refractivity contribution >= 4 is 75.4 Å². The zero-order valence-corrected chi connectivity index (χ0v) is 27.8. The monoisotopic (exact) mass is 671 g/mol. The van der Waals surface area contributed by atoms with Crippen LogP contribution in [0.5, 0.6) is 0 Å². The van der Waals surface area contributed by atoms with E-state index < -0.39 is 0 Å². The van der Waals surface area contributed by atoms with Crippen molar-refractivity contribution < 1.29 is 8.83 Å². The molecule has 0 aliphatic rings. The second-order valence-electron chi connectivity index (χ2n) is 12.7. The minimum atomic E-state index is 0.589. The number of hydrogen-bond acceptors (Lipinski definition) is 6. The third-order valence-corrected chi connectivity index (χ3v) is 10.9. The fourth-order valence-corrected chi connectivity index (χ4v) is 8.61. The van der Waals surface area contributed by atoms with Crippen molar-refractivity contribution in [3.05, 3.63) is 152 Å². The Balaban J connectivity index is 1.18. The van der Waals surface area contributed by atoms with Crippen molar-refractivity contribution in [3.63, 3.8) is 0 Å². The maximum atomic E-state index is 6.54. The molecule has 238 valence electrons. The molecule has 11 rings (SSSR count). The highest BCUT2D eigenvalue weighted by Crippen LogP contribution is 2.44. The molecule has 7 aromatic carbocycles. The van der Waals surface area contributed by atoms with Gasteiger partial charge in [0.05, 0.1) is 0 Å². The minimum absolute atomic E-state index is 0.589. The van der Waals surface area contributed by atoms with Crippen molar-refractivity contribution in [2.24, 2.45) is 0 Å². The van der Waals surface area contributed by atoms with E-state index in [2.05, 4.69) is 78.9 Å². The van der Waals surface area contributed by atoms with Gasteiger partial charge in [-0.1, -0.05) is 109 Å². The average Bonchev–Trinajstić information content (AvgIpc) is 3.89. The molecule has 51 heavy (non-hydrogen) atoms. The van der Waals surface area contributed by atoms with Crippen LogP contribution in [0.4, 0.5) is 0 Å². The zero-order chi connectivity index (χ0) is 33.5. The van der Waals surface area contributed by atoms with Gasteiger partial charge >= 0.3 is 0 Å². The second kappa shape index (κ2) is 10.9. The van der Waals surface area contributed by atoms with Crippen molar-refractivity contribution in [2.75, 3.05) is 0 Å². The summed E-state index contributed by atoms with van der Waals surface area (Å²) in [6, 6.07) is 52.0. The molecule has 4 aromatic heterocycles. The van der Waals surface area contributed by atoms with E-state index in [1.165, 1.54) is 14.8 Å². The van der Waals surface area contributed by atoms with Crippen molar-refractivity contribution in [1.29, 1.82) is 0 Å². The molecular formula is C45H25N3O2S. The van der Waals surface area contributed by atoms with E-state index in [0.29, 0.717) is 17.5 Å². The van der Waals surface area contributed by atoms with Gasteiger partial charge in [-0.2, -0.15) is 0 Å². The number of thiophene rings is 1. The van der Waals surface area contributed by atoms with Gasteiger partial charge in [-0.3, -0.25) is 0 Å². The Hall–Kier alpha value is -6.63. The average molecular weight is 672 g/mol. The highest BCUT2D eigenvalue weighted by Gasteiger charge is 2.22. The van der Waals surface area contributed by atoms with Crippen molar-refractivity contribution in [3.8, 4) is 45.3 Å². The van der Waals surface area contributed by atoms with Gasteiger partial charge in [0.2, 0.25) is 0 Å². The molecule has 0 N–H and O–H groups in total. The zero-order valence-electron chi connectivity index (χ0n) is 27.0. The summed E-state index contributed by atoms with van der Waals surface area (Å²) in [6.07, 6.45) is 0. The van der Waals surface area contributed by atoms with Gasteiger partial charge < -0.3 is 8.83 Å². The van der Waals surface area contributed by atoms with Gasteiger partial charge in [0.1, 0.15) is 22.3 Å². The molecule has 11 aromatic rings. The quantitative estimate of drug-likeness (QED) is 0.186. The number of hydrogen-bond donors (Lipinski definition) is 0. The maximum Gasteiger partial charge on any atom is 0.164 e. The second-order valence-corrected chi connectivity index (χ2v) is 13.8. The first-order valence-corrected chi connectivity index (χ1v) is 17.7. The maximum absolute atomic E-state index is 6.54. The van der Waals surface area contributed by atoms with Crippen LogP contribution in [0.15, 0.2) is 160 Å². The first kappa shape index (κ1) is 28.2. The smallest absolute Gasteiger partial charge is 0.164 e. The molecule has 0 amide bonds. The third kappa shape index (κ3) is 4.37. The lowest BCUT2D eigenvalue weighted by Gasteiger charge is -2.11. The molecule has 0 aliphatic heterocycles. The van der Waals surface area contributed by atoms with Gasteiger partial charge in [-0.25, -0.2) is 15.0 Å². The van der Waals surface area contributed by atoms with E-state index in [9.17, 15) is 0 Å². The molecule has 0 unspecified atom stereocenters. The lowest BCUT2D eigenvalue weighted by atomic mass is 9.96. The Morgan fingerprint density at radius 1 is 0.353 bits per heavy atom. The summed E-state index contributed by atoms with van der Waals surface area (Å²) < 4.78 is 15.3. The number of rotatable bonds is 4. The standard InChI is InChI=1S/C45H25N3O2S/c1-2-11-26(12-3-1)43-46-44(32-17-10-22-39-40(32)31-14-5-7-21-38(31)51-39)48-45(47-43)33-16-9-20-36-42(33)41-28(15-8-19-35(41)50-36)27-23-24-30-29-13-4-6-18-34(29)49-37(30)25-27/h1-25H. The number of para-hydroxylation sites is 1. The summed E-state index contributed by atoms with van der Waals surface area (Å²) in [7, 11) is 0. The fraction of sp³-hybridized carbons (Fsp3) is 0. The van der Waals surface area contributed by atoms with Crippen LogP contribution >= 0.6 is 11.3 Å². The summed E-state index contributed by atoms with van der Waals surface area (Å²) in [6.45, 7) is 0. The molecule has 0 saturated carbocycles. The van der Waals surface area contributed by atoms with Crippen LogP contribution < -0.4 is 0 Å². The Kier molecular flexibility index (Phi) is 6.05. The molecule has 0 atom stereocenters. The van der Waals surface area contributed by atoms with Crippen molar-refractivity contribution in [2.45, 2.75) is 0 Å². The van der Waals surface area contributed by atoms with Crippen LogP contribution in [0.3, 0.4) is 0 Å². The largest absolute Gasteiger partial charge is 0.456 e. The first-order chi connectivity index (χ1) is 25.3. The Morgan fingerprint density at radius 3 is 1.75 bits per heavy atom. The van der Waals surface area contributed by atoms with E-state index in [4.69, 9.17) is 23.8 Å².